The van der Waals surface area contributed by atoms with Crippen LogP contribution < -0.4 is 5.73 Å². The highest BCUT2D eigenvalue weighted by Gasteiger charge is 2.07. The van der Waals surface area contributed by atoms with Gasteiger partial charge >= 0.3 is 0 Å². The van der Waals surface area contributed by atoms with Gasteiger partial charge in [-0.15, -0.1) is 0 Å². The van der Waals surface area contributed by atoms with Gasteiger partial charge in [0.2, 0.25) is 0 Å². The van der Waals surface area contributed by atoms with Gasteiger partial charge in [0.1, 0.15) is 5.82 Å². The molecular formula is C11H15ClFN. The molecule has 1 aromatic carbocycles. The number of halogens is 2. The number of benzene rings is 1. The van der Waals surface area contributed by atoms with Crippen LogP contribution in [0.15, 0.2) is 18.2 Å². The van der Waals surface area contributed by atoms with Gasteiger partial charge in [0.15, 0.2) is 0 Å². The first-order chi connectivity index (χ1) is 6.65. The molecule has 0 fully saturated rings. The van der Waals surface area contributed by atoms with Crippen molar-refractivity contribution in [3.63, 3.8) is 0 Å². The van der Waals surface area contributed by atoms with E-state index in [0.29, 0.717) is 0 Å². The van der Waals surface area contributed by atoms with Crippen molar-refractivity contribution in [3.05, 3.63) is 34.6 Å². The van der Waals surface area contributed by atoms with E-state index in [1.165, 1.54) is 6.07 Å². The maximum atomic E-state index is 13.1. The average molecular weight is 216 g/mol. The molecule has 1 atom stereocenters. The number of rotatable bonds is 4. The van der Waals surface area contributed by atoms with E-state index < -0.39 is 5.82 Å². The summed E-state index contributed by atoms with van der Waals surface area (Å²) < 4.78 is 13.1. The predicted octanol–water partition coefficient (Wildman–Crippen LogP) is 3.67. The van der Waals surface area contributed by atoms with E-state index in [-0.39, 0.29) is 11.1 Å². The van der Waals surface area contributed by atoms with Crippen LogP contribution in [0.3, 0.4) is 0 Å². The number of nitrogens with two attached hydrogens (primary N) is 1. The van der Waals surface area contributed by atoms with E-state index in [4.69, 9.17) is 17.3 Å². The maximum Gasteiger partial charge on any atom is 0.142 e. The second-order valence-corrected chi connectivity index (χ2v) is 3.83. The molecule has 0 amide bonds. The lowest BCUT2D eigenvalue weighted by atomic mass is 10.0. The molecule has 0 heterocycles. The summed E-state index contributed by atoms with van der Waals surface area (Å²) >= 11 is 5.57. The molecule has 14 heavy (non-hydrogen) atoms. The summed E-state index contributed by atoms with van der Waals surface area (Å²) in [4.78, 5) is 0. The summed E-state index contributed by atoms with van der Waals surface area (Å²) in [6, 6.07) is 4.67. The van der Waals surface area contributed by atoms with E-state index in [2.05, 4.69) is 6.92 Å². The van der Waals surface area contributed by atoms with Gasteiger partial charge in [-0.05, 0) is 24.1 Å². The minimum atomic E-state index is -0.392. The molecule has 0 saturated heterocycles. The molecule has 0 bridgehead atoms. The van der Waals surface area contributed by atoms with Crippen molar-refractivity contribution < 1.29 is 4.39 Å². The summed E-state index contributed by atoms with van der Waals surface area (Å²) in [7, 11) is 0. The minimum absolute atomic E-state index is 0.0817. The first-order valence-electron chi connectivity index (χ1n) is 4.85. The number of unbranched alkanes of at least 4 members (excludes halogenated alkanes) is 1. The van der Waals surface area contributed by atoms with Crippen LogP contribution >= 0.6 is 11.6 Å². The average Bonchev–Trinajstić information content (AvgIpc) is 2.18. The SMILES string of the molecule is CCCC[C@@H](N)c1ccc(Cl)c(F)c1. The molecule has 0 spiro atoms. The highest BCUT2D eigenvalue weighted by atomic mass is 35.5. The van der Waals surface area contributed by atoms with Crippen LogP contribution in [0.2, 0.25) is 5.02 Å². The molecular weight excluding hydrogens is 201 g/mol. The Kier molecular flexibility index (Phi) is 4.36. The first kappa shape index (κ1) is 11.5. The van der Waals surface area contributed by atoms with Crippen molar-refractivity contribution >= 4 is 11.6 Å². The van der Waals surface area contributed by atoms with Gasteiger partial charge in [-0.25, -0.2) is 4.39 Å². The van der Waals surface area contributed by atoms with Gasteiger partial charge in [0.05, 0.1) is 5.02 Å². The largest absolute Gasteiger partial charge is 0.324 e. The highest BCUT2D eigenvalue weighted by Crippen LogP contribution is 2.21. The van der Waals surface area contributed by atoms with E-state index in [1.54, 1.807) is 12.1 Å². The summed E-state index contributed by atoms with van der Waals surface area (Å²) in [6.45, 7) is 2.11. The molecule has 0 unspecified atom stereocenters. The Bertz CT molecular complexity index is 301. The van der Waals surface area contributed by atoms with Crippen LogP contribution in [0.4, 0.5) is 4.39 Å². The van der Waals surface area contributed by atoms with Gasteiger partial charge < -0.3 is 5.73 Å². The zero-order valence-electron chi connectivity index (χ0n) is 8.26. The summed E-state index contributed by atoms with van der Waals surface area (Å²) in [5, 5.41) is 0.149. The van der Waals surface area contributed by atoms with Crippen molar-refractivity contribution in [2.45, 2.75) is 32.2 Å². The Morgan fingerprint density at radius 2 is 2.21 bits per heavy atom. The van der Waals surface area contributed by atoms with Crippen molar-refractivity contribution in [1.29, 1.82) is 0 Å². The zero-order valence-corrected chi connectivity index (χ0v) is 9.02. The van der Waals surface area contributed by atoms with E-state index in [1.807, 2.05) is 0 Å². The second kappa shape index (κ2) is 5.32. The first-order valence-corrected chi connectivity index (χ1v) is 5.23. The van der Waals surface area contributed by atoms with Crippen LogP contribution in [-0.4, -0.2) is 0 Å². The van der Waals surface area contributed by atoms with Crippen LogP contribution in [0.25, 0.3) is 0 Å². The minimum Gasteiger partial charge on any atom is -0.324 e. The standard InChI is InChI=1S/C11H15ClFN/c1-2-3-4-11(14)8-5-6-9(12)10(13)7-8/h5-7,11H,2-4,14H2,1H3/t11-/m1/s1. The van der Waals surface area contributed by atoms with Crippen molar-refractivity contribution in [2.24, 2.45) is 5.73 Å². The van der Waals surface area contributed by atoms with Gasteiger partial charge in [-0.3, -0.25) is 0 Å². The lowest BCUT2D eigenvalue weighted by molar-refractivity contribution is 0.588. The van der Waals surface area contributed by atoms with Crippen molar-refractivity contribution in [2.75, 3.05) is 0 Å². The van der Waals surface area contributed by atoms with Gasteiger partial charge in [-0.2, -0.15) is 0 Å². The quantitative estimate of drug-likeness (QED) is 0.815. The molecule has 0 radical (unpaired) electrons. The summed E-state index contributed by atoms with van der Waals surface area (Å²) in [5.74, 6) is -0.392. The molecule has 0 saturated carbocycles. The molecule has 0 aliphatic rings. The van der Waals surface area contributed by atoms with Gasteiger partial charge in [-0.1, -0.05) is 37.4 Å². The van der Waals surface area contributed by atoms with E-state index in [0.717, 1.165) is 24.8 Å². The topological polar surface area (TPSA) is 26.0 Å². The Hall–Kier alpha value is -0.600. The Balaban J connectivity index is 2.70. The van der Waals surface area contributed by atoms with Crippen LogP contribution in [-0.2, 0) is 0 Å². The van der Waals surface area contributed by atoms with Crippen LogP contribution in [0.1, 0.15) is 37.8 Å². The van der Waals surface area contributed by atoms with Gasteiger partial charge in [0.25, 0.3) is 0 Å². The fraction of sp³-hybridized carbons (Fsp3) is 0.455. The van der Waals surface area contributed by atoms with Crippen LogP contribution in [0.5, 0.6) is 0 Å². The van der Waals surface area contributed by atoms with Gasteiger partial charge in [0, 0.05) is 6.04 Å². The molecule has 0 aliphatic heterocycles. The second-order valence-electron chi connectivity index (χ2n) is 3.42. The Labute approximate surface area is 89.1 Å². The maximum absolute atomic E-state index is 13.1. The monoisotopic (exact) mass is 215 g/mol. The lowest BCUT2D eigenvalue weighted by Crippen LogP contribution is -2.10. The Morgan fingerprint density at radius 1 is 1.50 bits per heavy atom. The number of hydrogen-bond donors (Lipinski definition) is 1. The fourth-order valence-corrected chi connectivity index (χ4v) is 1.45. The fourth-order valence-electron chi connectivity index (χ4n) is 1.33. The lowest BCUT2D eigenvalue weighted by Gasteiger charge is -2.11. The third kappa shape index (κ3) is 2.96. The summed E-state index contributed by atoms with van der Waals surface area (Å²) in [5.41, 5.74) is 6.71. The van der Waals surface area contributed by atoms with Crippen molar-refractivity contribution in [3.8, 4) is 0 Å². The molecule has 1 rings (SSSR count). The predicted molar refractivity (Wildman–Crippen MR) is 57.9 cm³/mol. The Morgan fingerprint density at radius 3 is 2.79 bits per heavy atom. The molecule has 78 valence electrons. The molecule has 1 nitrogen and oxygen atoms in total. The highest BCUT2D eigenvalue weighted by molar-refractivity contribution is 6.30. The third-order valence-electron chi connectivity index (χ3n) is 2.24. The van der Waals surface area contributed by atoms with E-state index >= 15 is 0 Å². The van der Waals surface area contributed by atoms with E-state index in [9.17, 15) is 4.39 Å². The zero-order chi connectivity index (χ0) is 10.6. The summed E-state index contributed by atoms with van der Waals surface area (Å²) in [6.07, 6.45) is 3.05. The normalized spacial score (nSPS) is 12.9. The molecule has 3 heteroatoms. The third-order valence-corrected chi connectivity index (χ3v) is 2.55. The van der Waals surface area contributed by atoms with Crippen LogP contribution in [0, 0.1) is 5.82 Å². The van der Waals surface area contributed by atoms with Crippen molar-refractivity contribution in [1.82, 2.24) is 0 Å². The smallest absolute Gasteiger partial charge is 0.142 e. The number of hydrogen-bond acceptors (Lipinski definition) is 1. The molecule has 2 N–H and O–H groups in total. The molecule has 0 aromatic heterocycles. The molecule has 1 aromatic rings. The molecule has 0 aliphatic carbocycles.